The smallest absolute Gasteiger partial charge is 0.406 e. The summed E-state index contributed by atoms with van der Waals surface area (Å²) in [6.07, 6.45) is 3.80. The zero-order valence-corrected chi connectivity index (χ0v) is 29.0. The van der Waals surface area contributed by atoms with Gasteiger partial charge < -0.3 is 25.4 Å². The number of piperidine rings is 1. The number of carbonyl (C=O) groups is 2. The third-order valence-corrected chi connectivity index (χ3v) is 10.1. The highest BCUT2D eigenvalue weighted by molar-refractivity contribution is 7.90. The normalized spacial score (nSPS) is 16.4. The van der Waals surface area contributed by atoms with E-state index in [4.69, 9.17) is 16.3 Å². The number of nitrogens with zero attached hydrogens (tertiary/aromatic N) is 1. The van der Waals surface area contributed by atoms with Crippen molar-refractivity contribution in [3.8, 4) is 11.1 Å². The van der Waals surface area contributed by atoms with Crippen molar-refractivity contribution in [2.45, 2.75) is 51.2 Å². The van der Waals surface area contributed by atoms with Gasteiger partial charge in [0.15, 0.2) is 0 Å². The zero-order valence-electron chi connectivity index (χ0n) is 27.4. The number of nitrogens with one attached hydrogen (secondary N) is 2. The first kappa shape index (κ1) is 36.4. The van der Waals surface area contributed by atoms with Crippen LogP contribution in [0.15, 0.2) is 66.7 Å². The van der Waals surface area contributed by atoms with E-state index >= 15 is 0 Å². The number of rotatable bonds is 14. The third kappa shape index (κ3) is 9.79. The molecule has 3 N–H and O–H groups in total. The number of amides is 2. The first-order chi connectivity index (χ1) is 22.4. The summed E-state index contributed by atoms with van der Waals surface area (Å²) in [6, 6.07) is 21.1. The Labute approximate surface area is 283 Å². The average Bonchev–Trinajstić information content (AvgIpc) is 3.07. The van der Waals surface area contributed by atoms with Gasteiger partial charge in [-0.3, -0.25) is 4.79 Å². The van der Waals surface area contributed by atoms with Crippen molar-refractivity contribution in [3.05, 3.63) is 94.0 Å². The van der Waals surface area contributed by atoms with E-state index in [9.17, 15) is 23.1 Å². The number of hydrogen-bond acceptors (Lipinski definition) is 7. The first-order valence-corrected chi connectivity index (χ1v) is 18.6. The highest BCUT2D eigenvalue weighted by Gasteiger charge is 2.43. The van der Waals surface area contributed by atoms with Crippen LogP contribution in [-0.2, 0) is 33.1 Å². The molecule has 47 heavy (non-hydrogen) atoms. The Morgan fingerprint density at radius 2 is 1.81 bits per heavy atom. The van der Waals surface area contributed by atoms with Crippen LogP contribution >= 0.6 is 11.6 Å². The maximum absolute atomic E-state index is 13.8. The summed E-state index contributed by atoms with van der Waals surface area (Å²) in [6.45, 7) is 4.20. The van der Waals surface area contributed by atoms with Crippen LogP contribution in [0.5, 0.6) is 0 Å². The van der Waals surface area contributed by atoms with Gasteiger partial charge in [0.25, 0.3) is 5.91 Å². The molecule has 1 aliphatic heterocycles. The molecule has 1 heterocycles. The number of carbonyl (C=O) groups excluding carboxylic acids is 2. The van der Waals surface area contributed by atoms with E-state index in [-0.39, 0.29) is 17.6 Å². The Morgan fingerprint density at radius 3 is 2.51 bits per heavy atom. The van der Waals surface area contributed by atoms with Gasteiger partial charge in [-0.05, 0) is 72.6 Å². The molecular formula is C36H46ClN3O6S. The van der Waals surface area contributed by atoms with Crippen molar-refractivity contribution in [1.82, 2.24) is 15.5 Å². The van der Waals surface area contributed by atoms with Crippen molar-refractivity contribution >= 4 is 33.4 Å². The molecule has 0 aliphatic carbocycles. The zero-order chi connectivity index (χ0) is 34.0. The molecule has 1 aliphatic rings. The third-order valence-electron chi connectivity index (χ3n) is 8.86. The number of aliphatic hydroxyl groups is 1. The van der Waals surface area contributed by atoms with Gasteiger partial charge in [0.2, 0.25) is 0 Å². The lowest BCUT2D eigenvalue weighted by Crippen LogP contribution is -2.48. The van der Waals surface area contributed by atoms with Gasteiger partial charge in [-0.2, -0.15) is 0 Å². The molecule has 0 spiro atoms. The molecule has 4 rings (SSSR count). The van der Waals surface area contributed by atoms with E-state index in [2.05, 4.69) is 29.7 Å². The second-order valence-electron chi connectivity index (χ2n) is 12.3. The molecule has 11 heteroatoms. The maximum Gasteiger partial charge on any atom is 0.406 e. The van der Waals surface area contributed by atoms with E-state index in [0.717, 1.165) is 35.1 Å². The Balaban J connectivity index is 1.59. The van der Waals surface area contributed by atoms with Crippen LogP contribution in [0, 0.1) is 5.92 Å². The van der Waals surface area contributed by atoms with E-state index in [1.165, 1.54) is 13.4 Å². The molecular weight excluding hydrogens is 638 g/mol. The van der Waals surface area contributed by atoms with Gasteiger partial charge in [-0.25, -0.2) is 13.2 Å². The predicted molar refractivity (Wildman–Crippen MR) is 186 cm³/mol. The molecule has 0 bridgehead atoms. The van der Waals surface area contributed by atoms with E-state index in [0.29, 0.717) is 68.1 Å². The fourth-order valence-corrected chi connectivity index (χ4v) is 7.09. The van der Waals surface area contributed by atoms with Crippen molar-refractivity contribution < 1.29 is 27.9 Å². The van der Waals surface area contributed by atoms with Crippen molar-refractivity contribution in [1.29, 1.82) is 0 Å². The fourth-order valence-electron chi connectivity index (χ4n) is 6.29. The van der Waals surface area contributed by atoms with Crippen LogP contribution in [-0.4, -0.2) is 75.7 Å². The number of benzene rings is 3. The summed E-state index contributed by atoms with van der Waals surface area (Å²) in [5.41, 5.74) is 3.72. The largest absolute Gasteiger partial charge is 0.453 e. The van der Waals surface area contributed by atoms with Crippen molar-refractivity contribution in [2.75, 3.05) is 45.3 Å². The van der Waals surface area contributed by atoms with Crippen molar-refractivity contribution in [2.24, 2.45) is 5.92 Å². The quantitative estimate of drug-likeness (QED) is 0.190. The van der Waals surface area contributed by atoms with E-state index in [1.54, 1.807) is 12.1 Å². The standard InChI is InChI=1S/C36H46ClN3O6S/c1-4-26-9-5-10-29(23-26)33-31(12-6-13-32(33)37)36(43,18-8-19-39-35(42)46-2)30-11-7-21-40(25-30)34(41)28-16-14-27(15-17-28)24-38-20-22-47(3,44)45/h5-6,9-10,12-17,23,30,38,43H,4,7-8,11,18-22,24-25H2,1-3H3,(H,39,42)/t30-,36?/m1/s1. The molecule has 0 aromatic heterocycles. The molecule has 2 atom stereocenters. The summed E-state index contributed by atoms with van der Waals surface area (Å²) in [4.78, 5) is 27.3. The monoisotopic (exact) mass is 683 g/mol. The molecule has 9 nitrogen and oxygen atoms in total. The van der Waals surface area contributed by atoms with Gasteiger partial charge in [-0.15, -0.1) is 0 Å². The minimum absolute atomic E-state index is 0.0651. The molecule has 254 valence electrons. The van der Waals surface area contributed by atoms with Crippen LogP contribution in [0.2, 0.25) is 5.02 Å². The minimum Gasteiger partial charge on any atom is -0.453 e. The van der Waals surface area contributed by atoms with E-state index in [1.807, 2.05) is 47.4 Å². The molecule has 3 aromatic rings. The summed E-state index contributed by atoms with van der Waals surface area (Å²) < 4.78 is 27.5. The molecule has 1 unspecified atom stereocenters. The van der Waals surface area contributed by atoms with Crippen LogP contribution in [0.1, 0.15) is 59.7 Å². The molecule has 2 amide bonds. The van der Waals surface area contributed by atoms with Crippen molar-refractivity contribution in [3.63, 3.8) is 0 Å². The van der Waals surface area contributed by atoms with Gasteiger partial charge in [0.1, 0.15) is 9.84 Å². The lowest BCUT2D eigenvalue weighted by molar-refractivity contribution is -0.0563. The second-order valence-corrected chi connectivity index (χ2v) is 14.9. The molecule has 1 fully saturated rings. The Bertz CT molecular complexity index is 1630. The summed E-state index contributed by atoms with van der Waals surface area (Å²) >= 11 is 6.88. The fraction of sp³-hybridized carbons (Fsp3) is 0.444. The Hall–Kier alpha value is -3.44. The Kier molecular flexibility index (Phi) is 12.8. The predicted octanol–water partition coefficient (Wildman–Crippen LogP) is 5.58. The van der Waals surface area contributed by atoms with Crippen LogP contribution < -0.4 is 10.6 Å². The number of methoxy groups -OCH3 is 1. The lowest BCUT2D eigenvalue weighted by atomic mass is 9.72. The van der Waals surface area contributed by atoms with Gasteiger partial charge in [-0.1, -0.05) is 67.1 Å². The molecule has 0 saturated carbocycles. The maximum atomic E-state index is 13.8. The number of alkyl carbamates (subject to hydrolysis) is 1. The summed E-state index contributed by atoms with van der Waals surface area (Å²) in [7, 11) is -1.72. The van der Waals surface area contributed by atoms with Crippen LogP contribution in [0.25, 0.3) is 11.1 Å². The topological polar surface area (TPSA) is 125 Å². The molecule has 3 aromatic carbocycles. The summed E-state index contributed by atoms with van der Waals surface area (Å²) in [5, 5.41) is 19.2. The first-order valence-electron chi connectivity index (χ1n) is 16.1. The van der Waals surface area contributed by atoms with Gasteiger partial charge in [0, 0.05) is 61.0 Å². The summed E-state index contributed by atoms with van der Waals surface area (Å²) in [5.74, 6) is -0.332. The number of halogens is 1. The number of aryl methyl sites for hydroxylation is 1. The van der Waals surface area contributed by atoms with Gasteiger partial charge in [0.05, 0.1) is 18.5 Å². The Morgan fingerprint density at radius 1 is 1.06 bits per heavy atom. The van der Waals surface area contributed by atoms with Crippen LogP contribution in [0.4, 0.5) is 4.79 Å². The molecule has 0 radical (unpaired) electrons. The number of likely N-dealkylation sites (tertiary alicyclic amines) is 1. The minimum atomic E-state index is -3.03. The number of sulfone groups is 1. The number of ether oxygens (including phenoxy) is 1. The van der Waals surface area contributed by atoms with E-state index < -0.39 is 21.5 Å². The van der Waals surface area contributed by atoms with Crippen LogP contribution in [0.3, 0.4) is 0 Å². The van der Waals surface area contributed by atoms with Gasteiger partial charge >= 0.3 is 6.09 Å². The molecule has 1 saturated heterocycles. The average molecular weight is 684 g/mol. The number of hydrogen-bond donors (Lipinski definition) is 3. The lowest BCUT2D eigenvalue weighted by Gasteiger charge is -2.44. The second kappa shape index (κ2) is 16.6. The highest BCUT2D eigenvalue weighted by Crippen LogP contribution is 2.45. The highest BCUT2D eigenvalue weighted by atomic mass is 35.5. The SMILES string of the molecule is CCc1cccc(-c2c(Cl)cccc2C(O)(CCCNC(=O)OC)[C@@H]2CCCN(C(=O)c3ccc(CNCCS(C)(=O)=O)cc3)C2)c1.